The van der Waals surface area contributed by atoms with E-state index in [0.717, 1.165) is 36.0 Å². The van der Waals surface area contributed by atoms with Crippen molar-refractivity contribution in [3.63, 3.8) is 0 Å². The van der Waals surface area contributed by atoms with Crippen molar-refractivity contribution in [3.8, 4) is 5.75 Å². The first-order valence-corrected chi connectivity index (χ1v) is 9.09. The third-order valence-electron chi connectivity index (χ3n) is 4.66. The molecule has 0 aliphatic carbocycles. The number of likely N-dealkylation sites (tertiary alicyclic amines) is 1. The summed E-state index contributed by atoms with van der Waals surface area (Å²) in [7, 11) is 0. The summed E-state index contributed by atoms with van der Waals surface area (Å²) in [6.07, 6.45) is 2.51. The van der Waals surface area contributed by atoms with Gasteiger partial charge in [0.2, 0.25) is 0 Å². The van der Waals surface area contributed by atoms with Gasteiger partial charge >= 0.3 is 0 Å². The zero-order valence-electron chi connectivity index (χ0n) is 14.8. The molecule has 3 rings (SSSR count). The van der Waals surface area contributed by atoms with Crippen molar-refractivity contribution in [2.24, 2.45) is 5.92 Å². The van der Waals surface area contributed by atoms with E-state index in [9.17, 15) is 4.79 Å². The lowest BCUT2D eigenvalue weighted by Gasteiger charge is -2.27. The number of carbonyl (C=O) groups excluding carboxylic acids is 1. The third-order valence-corrected chi connectivity index (χ3v) is 4.66. The summed E-state index contributed by atoms with van der Waals surface area (Å²) in [5.41, 5.74) is 1.96. The normalized spacial score (nSPS) is 20.0. The number of piperidine rings is 1. The molecule has 132 valence electrons. The Kier molecular flexibility index (Phi) is 6.07. The number of hydrogen-bond donors (Lipinski definition) is 2. The molecule has 2 aromatic carbocycles. The Balaban J connectivity index is 1.46. The van der Waals surface area contributed by atoms with Gasteiger partial charge in [0.15, 0.2) is 6.54 Å². The number of rotatable bonds is 6. The van der Waals surface area contributed by atoms with E-state index in [2.05, 4.69) is 12.2 Å². The lowest BCUT2D eigenvalue weighted by atomic mass is 10.0. The maximum atomic E-state index is 12.2. The molecule has 1 heterocycles. The Labute approximate surface area is 149 Å². The number of ether oxygens (including phenoxy) is 1. The highest BCUT2D eigenvalue weighted by molar-refractivity contribution is 5.91. The van der Waals surface area contributed by atoms with E-state index in [1.54, 1.807) is 0 Å². The first-order chi connectivity index (χ1) is 12.2. The molecule has 1 amide bonds. The smallest absolute Gasteiger partial charge is 0.279 e. The zero-order chi connectivity index (χ0) is 17.5. The van der Waals surface area contributed by atoms with Crippen LogP contribution >= 0.6 is 0 Å². The van der Waals surface area contributed by atoms with E-state index >= 15 is 0 Å². The molecular formula is C21H27N2O2+. The minimum absolute atomic E-state index is 0.0852. The molecule has 4 nitrogen and oxygen atoms in total. The minimum Gasteiger partial charge on any atom is -0.489 e. The molecular weight excluding hydrogens is 312 g/mol. The largest absolute Gasteiger partial charge is 0.489 e. The summed E-state index contributed by atoms with van der Waals surface area (Å²) in [5, 5.41) is 2.99. The molecule has 2 atom stereocenters. The van der Waals surface area contributed by atoms with Crippen molar-refractivity contribution < 1.29 is 14.4 Å². The van der Waals surface area contributed by atoms with Gasteiger partial charge in [0, 0.05) is 11.6 Å². The highest BCUT2D eigenvalue weighted by Gasteiger charge is 2.21. The molecule has 2 aromatic rings. The van der Waals surface area contributed by atoms with Crippen LogP contribution in [0.3, 0.4) is 0 Å². The summed E-state index contributed by atoms with van der Waals surface area (Å²) in [6.45, 7) is 5.56. The number of nitrogens with one attached hydrogen (secondary N) is 2. The monoisotopic (exact) mass is 339 g/mol. The van der Waals surface area contributed by atoms with Gasteiger partial charge in [-0.05, 0) is 42.7 Å². The van der Waals surface area contributed by atoms with Gasteiger partial charge in [-0.2, -0.15) is 0 Å². The minimum atomic E-state index is 0.0852. The summed E-state index contributed by atoms with van der Waals surface area (Å²) in [5.74, 6) is 1.61. The molecule has 1 saturated heterocycles. The van der Waals surface area contributed by atoms with Crippen LogP contribution < -0.4 is 15.0 Å². The second-order valence-electron chi connectivity index (χ2n) is 6.98. The van der Waals surface area contributed by atoms with Crippen LogP contribution in [-0.4, -0.2) is 25.5 Å². The second kappa shape index (κ2) is 8.67. The first kappa shape index (κ1) is 17.5. The Hall–Kier alpha value is -2.33. The molecule has 25 heavy (non-hydrogen) atoms. The zero-order valence-corrected chi connectivity index (χ0v) is 14.8. The third kappa shape index (κ3) is 5.61. The summed E-state index contributed by atoms with van der Waals surface area (Å²) in [4.78, 5) is 13.6. The molecule has 0 saturated carbocycles. The second-order valence-corrected chi connectivity index (χ2v) is 6.98. The van der Waals surface area contributed by atoms with Gasteiger partial charge in [0.25, 0.3) is 5.91 Å². The van der Waals surface area contributed by atoms with Crippen LogP contribution in [0.15, 0.2) is 54.6 Å². The molecule has 1 fully saturated rings. The van der Waals surface area contributed by atoms with Crippen molar-refractivity contribution in [1.82, 2.24) is 0 Å². The van der Waals surface area contributed by atoms with Gasteiger partial charge in [-0.3, -0.25) is 4.79 Å². The molecule has 0 aromatic heterocycles. The van der Waals surface area contributed by atoms with Gasteiger partial charge in [-0.25, -0.2) is 0 Å². The maximum absolute atomic E-state index is 12.2. The van der Waals surface area contributed by atoms with Crippen molar-refractivity contribution in [2.45, 2.75) is 26.4 Å². The van der Waals surface area contributed by atoms with Crippen LogP contribution in [0, 0.1) is 5.92 Å². The number of hydrogen-bond acceptors (Lipinski definition) is 2. The van der Waals surface area contributed by atoms with Crippen molar-refractivity contribution in [2.75, 3.05) is 25.0 Å². The quantitative estimate of drug-likeness (QED) is 0.849. The summed E-state index contributed by atoms with van der Waals surface area (Å²) in [6, 6.07) is 17.7. The van der Waals surface area contributed by atoms with Gasteiger partial charge in [0.05, 0.1) is 13.1 Å². The number of carbonyl (C=O) groups is 1. The van der Waals surface area contributed by atoms with Gasteiger partial charge in [0.1, 0.15) is 12.4 Å². The topological polar surface area (TPSA) is 42.8 Å². The average molecular weight is 339 g/mol. The van der Waals surface area contributed by atoms with Gasteiger partial charge < -0.3 is 15.0 Å². The van der Waals surface area contributed by atoms with Crippen LogP contribution in [0.5, 0.6) is 5.75 Å². The standard InChI is InChI=1S/C21H26N2O2/c1-17-6-5-13-23(14-17)15-21(24)22-19-9-11-20(12-10-19)25-16-18-7-3-2-4-8-18/h2-4,7-12,17H,5-6,13-16H2,1H3,(H,22,24)/p+1/t17-/m1/s1. The van der Waals surface area contributed by atoms with E-state index in [-0.39, 0.29) is 5.91 Å². The Morgan fingerprint density at radius 3 is 2.64 bits per heavy atom. The SMILES string of the molecule is C[C@@H]1CCC[NH+](CC(=O)Nc2ccc(OCc3ccccc3)cc2)C1. The van der Waals surface area contributed by atoms with Crippen LogP contribution in [0.2, 0.25) is 0 Å². The fourth-order valence-electron chi connectivity index (χ4n) is 3.37. The van der Waals surface area contributed by atoms with Crippen LogP contribution in [0.25, 0.3) is 0 Å². The molecule has 0 bridgehead atoms. The molecule has 1 aliphatic heterocycles. The lowest BCUT2D eigenvalue weighted by molar-refractivity contribution is -0.900. The molecule has 1 aliphatic rings. The number of benzene rings is 2. The first-order valence-electron chi connectivity index (χ1n) is 9.09. The molecule has 4 heteroatoms. The van der Waals surface area contributed by atoms with Gasteiger partial charge in [-0.15, -0.1) is 0 Å². The molecule has 0 radical (unpaired) electrons. The van der Waals surface area contributed by atoms with E-state index in [0.29, 0.717) is 13.2 Å². The van der Waals surface area contributed by atoms with Crippen molar-refractivity contribution in [1.29, 1.82) is 0 Å². The van der Waals surface area contributed by atoms with E-state index in [1.807, 2.05) is 54.6 Å². The van der Waals surface area contributed by atoms with Crippen LogP contribution in [-0.2, 0) is 11.4 Å². The number of anilines is 1. The molecule has 2 N–H and O–H groups in total. The van der Waals surface area contributed by atoms with Crippen LogP contribution in [0.4, 0.5) is 5.69 Å². The highest BCUT2D eigenvalue weighted by Crippen LogP contribution is 2.17. The Morgan fingerprint density at radius 1 is 1.16 bits per heavy atom. The predicted molar refractivity (Wildman–Crippen MR) is 99.8 cm³/mol. The summed E-state index contributed by atoms with van der Waals surface area (Å²) >= 11 is 0. The fraction of sp³-hybridized carbons (Fsp3) is 0.381. The Bertz CT molecular complexity index is 670. The lowest BCUT2D eigenvalue weighted by Crippen LogP contribution is -3.14. The van der Waals surface area contributed by atoms with Crippen molar-refractivity contribution in [3.05, 3.63) is 60.2 Å². The fourth-order valence-corrected chi connectivity index (χ4v) is 3.37. The summed E-state index contributed by atoms with van der Waals surface area (Å²) < 4.78 is 5.77. The van der Waals surface area contributed by atoms with Crippen LogP contribution in [0.1, 0.15) is 25.3 Å². The highest BCUT2D eigenvalue weighted by atomic mass is 16.5. The maximum Gasteiger partial charge on any atom is 0.279 e. The van der Waals surface area contributed by atoms with Crippen molar-refractivity contribution >= 4 is 11.6 Å². The van der Waals surface area contributed by atoms with E-state index < -0.39 is 0 Å². The average Bonchev–Trinajstić information content (AvgIpc) is 2.62. The number of quaternary nitrogens is 1. The van der Waals surface area contributed by atoms with E-state index in [4.69, 9.17) is 4.74 Å². The number of amides is 1. The molecule has 0 spiro atoms. The van der Waals surface area contributed by atoms with Gasteiger partial charge in [-0.1, -0.05) is 37.3 Å². The molecule has 1 unspecified atom stereocenters. The predicted octanol–water partition coefficient (Wildman–Crippen LogP) is 2.52. The Morgan fingerprint density at radius 2 is 1.92 bits per heavy atom. The van der Waals surface area contributed by atoms with E-state index in [1.165, 1.54) is 17.7 Å².